The van der Waals surface area contributed by atoms with E-state index in [1.807, 2.05) is 0 Å². The fraction of sp³-hybridized carbons (Fsp3) is 0.429. The minimum Gasteiger partial charge on any atom is -0.865 e. The monoisotopic (exact) mass is 314 g/mol. The Labute approximate surface area is 186 Å². The van der Waals surface area contributed by atoms with Crippen molar-refractivity contribution in [1.29, 1.82) is 0 Å². The summed E-state index contributed by atoms with van der Waals surface area (Å²) in [5, 5.41) is 52.1. The minimum absolute atomic E-state index is 0. The van der Waals surface area contributed by atoms with Crippen molar-refractivity contribution in [1.82, 2.24) is 0 Å². The van der Waals surface area contributed by atoms with Gasteiger partial charge in [0.1, 0.15) is 11.9 Å². The molecule has 0 aromatic heterocycles. The Morgan fingerprint density at radius 2 is 1.83 bits per heavy atom. The first kappa shape index (κ1) is 24.3. The topological polar surface area (TPSA) is 170 Å². The SMILES string of the molecule is O=C([O-])O.O=C1O[C@H]([C@@H](O)CO)C(O)=C1[O-].[K+].[K+]. The van der Waals surface area contributed by atoms with Crippen LogP contribution in [0.15, 0.2) is 11.5 Å². The molecule has 0 amide bonds. The molecule has 0 unspecified atom stereocenters. The maximum Gasteiger partial charge on any atom is 1.00 e. The van der Waals surface area contributed by atoms with E-state index in [9.17, 15) is 9.90 Å². The van der Waals surface area contributed by atoms with Gasteiger partial charge in [0.15, 0.2) is 6.10 Å². The number of rotatable bonds is 2. The van der Waals surface area contributed by atoms with Crippen molar-refractivity contribution in [3.05, 3.63) is 11.5 Å². The first-order valence-corrected chi connectivity index (χ1v) is 3.81. The molecule has 0 spiro atoms. The van der Waals surface area contributed by atoms with Crippen molar-refractivity contribution in [2.24, 2.45) is 0 Å². The molecule has 0 radical (unpaired) electrons. The van der Waals surface area contributed by atoms with Crippen molar-refractivity contribution in [2.45, 2.75) is 12.2 Å². The van der Waals surface area contributed by atoms with E-state index in [1.54, 1.807) is 0 Å². The number of hydrogen-bond donors (Lipinski definition) is 4. The first-order valence-electron chi connectivity index (χ1n) is 3.81. The number of aliphatic hydroxyl groups excluding tert-OH is 3. The molecule has 0 bridgehead atoms. The maximum absolute atomic E-state index is 10.6. The van der Waals surface area contributed by atoms with Crippen LogP contribution in [-0.2, 0) is 9.53 Å². The van der Waals surface area contributed by atoms with Crippen LogP contribution in [0.1, 0.15) is 0 Å². The summed E-state index contributed by atoms with van der Waals surface area (Å²) in [5.41, 5.74) is 0. The summed E-state index contributed by atoms with van der Waals surface area (Å²) >= 11 is 0. The van der Waals surface area contributed by atoms with Gasteiger partial charge in [-0.3, -0.25) is 0 Å². The summed E-state index contributed by atoms with van der Waals surface area (Å²) in [7, 11) is 0. The van der Waals surface area contributed by atoms with E-state index in [4.69, 9.17) is 30.3 Å². The molecule has 4 N–H and O–H groups in total. The normalized spacial score (nSPS) is 18.6. The van der Waals surface area contributed by atoms with Gasteiger partial charge >= 0.3 is 109 Å². The molecule has 9 nitrogen and oxygen atoms in total. The molecule has 2 atom stereocenters. The Morgan fingerprint density at radius 1 is 1.44 bits per heavy atom. The van der Waals surface area contributed by atoms with Gasteiger partial charge in [0, 0.05) is 5.76 Å². The molecule has 1 heterocycles. The van der Waals surface area contributed by atoms with Gasteiger partial charge in [0.2, 0.25) is 6.16 Å². The number of hydrogen-bond acceptors (Lipinski definition) is 8. The second-order valence-electron chi connectivity index (χ2n) is 2.56. The number of carbonyl (C=O) groups excluding carboxylic acids is 1. The smallest absolute Gasteiger partial charge is 0.865 e. The third-order valence-corrected chi connectivity index (χ3v) is 1.46. The van der Waals surface area contributed by atoms with Crippen LogP contribution >= 0.6 is 0 Å². The second kappa shape index (κ2) is 12.0. The van der Waals surface area contributed by atoms with Crippen molar-refractivity contribution in [3.8, 4) is 0 Å². The molecular formula is C7H8K2O9. The molecule has 0 saturated heterocycles. The van der Waals surface area contributed by atoms with Gasteiger partial charge in [-0.15, -0.1) is 0 Å². The Bertz CT molecular complexity index is 312. The van der Waals surface area contributed by atoms with Crippen molar-refractivity contribution < 1.29 is 148 Å². The van der Waals surface area contributed by atoms with Crippen molar-refractivity contribution >= 4 is 12.1 Å². The summed E-state index contributed by atoms with van der Waals surface area (Å²) in [6.07, 6.45) is -4.96. The van der Waals surface area contributed by atoms with Gasteiger partial charge in [-0.2, -0.15) is 0 Å². The third kappa shape index (κ3) is 8.44. The van der Waals surface area contributed by atoms with Gasteiger partial charge in [-0.05, 0) is 0 Å². The molecule has 11 heteroatoms. The number of esters is 1. The molecule has 0 saturated carbocycles. The summed E-state index contributed by atoms with van der Waals surface area (Å²) in [6, 6.07) is 0. The summed E-state index contributed by atoms with van der Waals surface area (Å²) in [6.45, 7) is -0.699. The maximum atomic E-state index is 10.6. The van der Waals surface area contributed by atoms with Crippen LogP contribution in [0.2, 0.25) is 0 Å². The standard InChI is InChI=1S/C6H8O6.CH2O3.2K/c7-1-2(8)5-3(9)4(10)6(11)12-5;2-1(3)4;;/h2,5,7-10H,1H2;(H2,2,3,4);;/q;;2*+1/p-2/t2-,5+;;;/m0.../s1. The molecule has 0 fully saturated rings. The quantitative estimate of drug-likeness (QED) is 0.285. The summed E-state index contributed by atoms with van der Waals surface area (Å²) < 4.78 is 4.25. The third-order valence-electron chi connectivity index (χ3n) is 1.46. The average Bonchev–Trinajstić information content (AvgIpc) is 2.44. The molecule has 18 heavy (non-hydrogen) atoms. The van der Waals surface area contributed by atoms with Gasteiger partial charge < -0.3 is 40.2 Å². The largest absolute Gasteiger partial charge is 1.00 e. The van der Waals surface area contributed by atoms with Gasteiger partial charge in [-0.25, -0.2) is 4.79 Å². The zero-order valence-corrected chi connectivity index (χ0v) is 15.9. The van der Waals surface area contributed by atoms with E-state index in [-0.39, 0.29) is 103 Å². The molecule has 1 rings (SSSR count). The average molecular weight is 314 g/mol. The number of cyclic esters (lactones) is 1. The fourth-order valence-corrected chi connectivity index (χ4v) is 0.815. The van der Waals surface area contributed by atoms with E-state index in [0.717, 1.165) is 0 Å². The number of carbonyl (C=O) groups is 2. The fourth-order valence-electron chi connectivity index (χ4n) is 0.815. The minimum atomic E-state index is -2.08. The van der Waals surface area contributed by atoms with Crippen molar-refractivity contribution in [2.75, 3.05) is 6.61 Å². The second-order valence-corrected chi connectivity index (χ2v) is 2.56. The van der Waals surface area contributed by atoms with Crippen LogP contribution in [0.25, 0.3) is 0 Å². The Kier molecular flexibility index (Phi) is 16.3. The molecule has 0 aromatic carbocycles. The zero-order valence-electron chi connectivity index (χ0n) is 9.69. The van der Waals surface area contributed by atoms with Crippen LogP contribution in [0.4, 0.5) is 4.79 Å². The van der Waals surface area contributed by atoms with Gasteiger partial charge in [0.25, 0.3) is 0 Å². The molecular weight excluding hydrogens is 306 g/mol. The van der Waals surface area contributed by atoms with Crippen LogP contribution in [0.3, 0.4) is 0 Å². The number of ether oxygens (including phenoxy) is 1. The van der Waals surface area contributed by atoms with Gasteiger partial charge in [-0.1, -0.05) is 0 Å². The number of carboxylic acid groups (broad SMARTS) is 2. The van der Waals surface area contributed by atoms with Crippen LogP contribution in [-0.4, -0.2) is 51.4 Å². The molecule has 0 aromatic rings. The van der Waals surface area contributed by atoms with Gasteiger partial charge in [0.05, 0.1) is 6.61 Å². The zero-order chi connectivity index (χ0) is 12.9. The Balaban J connectivity index is -0.000000332. The van der Waals surface area contributed by atoms with E-state index < -0.39 is 42.5 Å². The molecule has 92 valence electrons. The Morgan fingerprint density at radius 3 is 2.06 bits per heavy atom. The van der Waals surface area contributed by atoms with E-state index in [1.165, 1.54) is 0 Å². The van der Waals surface area contributed by atoms with Crippen LogP contribution in [0, 0.1) is 0 Å². The van der Waals surface area contributed by atoms with E-state index >= 15 is 0 Å². The predicted molar refractivity (Wildman–Crippen MR) is 40.7 cm³/mol. The molecule has 1 aliphatic rings. The van der Waals surface area contributed by atoms with E-state index in [2.05, 4.69) is 4.74 Å². The number of aliphatic hydroxyl groups is 3. The van der Waals surface area contributed by atoms with Crippen LogP contribution < -0.4 is 113 Å². The first-order chi connectivity index (χ1) is 7.31. The summed E-state index contributed by atoms with van der Waals surface area (Å²) in [4.78, 5) is 18.9. The molecule has 1 aliphatic heterocycles. The Hall–Kier alpha value is 1.27. The molecule has 0 aliphatic carbocycles. The van der Waals surface area contributed by atoms with E-state index in [0.29, 0.717) is 0 Å². The predicted octanol–water partition coefficient (Wildman–Crippen LogP) is -9.71. The van der Waals surface area contributed by atoms with Crippen molar-refractivity contribution in [3.63, 3.8) is 0 Å². The van der Waals surface area contributed by atoms with Crippen LogP contribution in [0.5, 0.6) is 0 Å². The summed E-state index contributed by atoms with van der Waals surface area (Å²) in [5.74, 6) is -3.25.